The zero-order chi connectivity index (χ0) is 16.3. The fraction of sp³-hybridized carbons (Fsp3) is 0.500. The Morgan fingerprint density at radius 3 is 2.68 bits per heavy atom. The number of ether oxygens (including phenoxy) is 1. The second kappa shape index (κ2) is 4.55. The van der Waals surface area contributed by atoms with Crippen LogP contribution in [0.3, 0.4) is 0 Å². The molecule has 0 spiro atoms. The molecule has 3 rings (SSSR count). The van der Waals surface area contributed by atoms with E-state index in [0.717, 1.165) is 17.8 Å². The minimum absolute atomic E-state index is 0.00482. The second-order valence-electron chi connectivity index (χ2n) is 5.82. The molecule has 1 aromatic carbocycles. The number of nitrogens with two attached hydrogens (primary N) is 2. The van der Waals surface area contributed by atoms with Gasteiger partial charge in [0.15, 0.2) is 5.17 Å². The summed E-state index contributed by atoms with van der Waals surface area (Å²) in [6, 6.07) is 3.87. The first-order chi connectivity index (χ1) is 10.2. The van der Waals surface area contributed by atoms with Crippen LogP contribution in [0.5, 0.6) is 0 Å². The van der Waals surface area contributed by atoms with Gasteiger partial charge in [-0.15, -0.1) is 0 Å². The van der Waals surface area contributed by atoms with E-state index in [1.807, 2.05) is 0 Å². The van der Waals surface area contributed by atoms with E-state index in [1.165, 1.54) is 26.2 Å². The Morgan fingerprint density at radius 1 is 1.36 bits per heavy atom. The number of halogens is 3. The van der Waals surface area contributed by atoms with E-state index in [9.17, 15) is 13.2 Å². The summed E-state index contributed by atoms with van der Waals surface area (Å²) in [5.41, 5.74) is 10.3. The predicted molar refractivity (Wildman–Crippen MR) is 80.4 cm³/mol. The Kier molecular flexibility index (Phi) is 3.20. The number of fused-ring (bicyclic) bond motifs is 1. The van der Waals surface area contributed by atoms with Crippen molar-refractivity contribution in [2.45, 2.75) is 23.1 Å². The molecule has 0 aromatic heterocycles. The molecule has 0 amide bonds. The van der Waals surface area contributed by atoms with E-state index < -0.39 is 27.9 Å². The highest BCUT2D eigenvalue weighted by atomic mass is 32.2. The van der Waals surface area contributed by atoms with Crippen LogP contribution in [0.2, 0.25) is 0 Å². The molecular weight excluding hydrogens is 315 g/mol. The van der Waals surface area contributed by atoms with Crippen LogP contribution in [0.4, 0.5) is 18.9 Å². The van der Waals surface area contributed by atoms with E-state index in [0.29, 0.717) is 0 Å². The molecule has 4 N–H and O–H groups in total. The van der Waals surface area contributed by atoms with Gasteiger partial charge in [-0.3, -0.25) is 4.99 Å². The molecule has 1 heterocycles. The van der Waals surface area contributed by atoms with E-state index in [1.54, 1.807) is 0 Å². The van der Waals surface area contributed by atoms with E-state index >= 15 is 0 Å². The fourth-order valence-electron chi connectivity index (χ4n) is 3.44. The SMILES string of the molecule is COC[C@@]12SC(N)=N[C@](C)(c3cc(N)ccc3F)[C@@H]1C2(F)F. The number of nitrogens with zero attached hydrogens (tertiary/aromatic N) is 1. The third-order valence-electron chi connectivity index (χ3n) is 4.40. The van der Waals surface area contributed by atoms with Crippen LogP contribution in [0.25, 0.3) is 0 Å². The van der Waals surface area contributed by atoms with Crippen LogP contribution < -0.4 is 11.5 Å². The molecule has 3 atom stereocenters. The van der Waals surface area contributed by atoms with E-state index in [4.69, 9.17) is 16.2 Å². The summed E-state index contributed by atoms with van der Waals surface area (Å²) in [7, 11) is 1.35. The molecule has 1 aliphatic carbocycles. The summed E-state index contributed by atoms with van der Waals surface area (Å²) in [6.07, 6.45) is 0. The van der Waals surface area contributed by atoms with Crippen LogP contribution in [0.15, 0.2) is 23.2 Å². The Labute approximate surface area is 130 Å². The number of hydrogen-bond donors (Lipinski definition) is 2. The normalized spacial score (nSPS) is 35.7. The number of methoxy groups -OCH3 is 1. The maximum Gasteiger partial charge on any atom is 0.272 e. The third kappa shape index (κ3) is 1.80. The van der Waals surface area contributed by atoms with Gasteiger partial charge >= 0.3 is 0 Å². The summed E-state index contributed by atoms with van der Waals surface area (Å²) in [5.74, 6) is -4.90. The van der Waals surface area contributed by atoms with Crippen LogP contribution in [0.1, 0.15) is 12.5 Å². The first-order valence-corrected chi connectivity index (χ1v) is 7.47. The molecule has 0 unspecified atom stereocenters. The highest BCUT2D eigenvalue weighted by molar-refractivity contribution is 8.15. The van der Waals surface area contributed by atoms with Gasteiger partial charge in [-0.2, -0.15) is 0 Å². The zero-order valence-electron chi connectivity index (χ0n) is 12.1. The Bertz CT molecular complexity index is 669. The third-order valence-corrected chi connectivity index (χ3v) is 5.69. The molecule has 8 heteroatoms. The van der Waals surface area contributed by atoms with Gasteiger partial charge < -0.3 is 16.2 Å². The van der Waals surface area contributed by atoms with Crippen molar-refractivity contribution in [1.82, 2.24) is 0 Å². The number of amidine groups is 1. The quantitative estimate of drug-likeness (QED) is 0.834. The van der Waals surface area contributed by atoms with Gasteiger partial charge in [0.1, 0.15) is 10.6 Å². The first-order valence-electron chi connectivity index (χ1n) is 6.65. The van der Waals surface area contributed by atoms with Gasteiger partial charge in [-0.1, -0.05) is 11.8 Å². The molecule has 0 bridgehead atoms. The lowest BCUT2D eigenvalue weighted by atomic mass is 9.85. The van der Waals surface area contributed by atoms with Crippen molar-refractivity contribution in [2.24, 2.45) is 16.6 Å². The number of benzene rings is 1. The molecular formula is C14H16F3N3OS. The van der Waals surface area contributed by atoms with Gasteiger partial charge in [0.2, 0.25) is 0 Å². The molecule has 22 heavy (non-hydrogen) atoms. The highest BCUT2D eigenvalue weighted by Crippen LogP contribution is 2.74. The number of thioether (sulfide) groups is 1. The summed E-state index contributed by atoms with van der Waals surface area (Å²) in [6.45, 7) is 1.28. The Balaban J connectivity index is 2.17. The molecule has 1 aromatic rings. The van der Waals surface area contributed by atoms with Crippen molar-refractivity contribution in [2.75, 3.05) is 19.5 Å². The first kappa shape index (κ1) is 15.5. The number of aliphatic imine (C=N–C) groups is 1. The Morgan fingerprint density at radius 2 is 2.05 bits per heavy atom. The van der Waals surface area contributed by atoms with Crippen LogP contribution in [0, 0.1) is 11.7 Å². The highest BCUT2D eigenvalue weighted by Gasteiger charge is 2.87. The van der Waals surface area contributed by atoms with Gasteiger partial charge in [0.25, 0.3) is 5.92 Å². The lowest BCUT2D eigenvalue weighted by Crippen LogP contribution is -2.37. The molecule has 0 radical (unpaired) electrons. The summed E-state index contributed by atoms with van der Waals surface area (Å²) in [5, 5.41) is -0.00482. The molecule has 4 nitrogen and oxygen atoms in total. The number of nitrogen functional groups attached to an aromatic ring is 1. The number of anilines is 1. The minimum Gasteiger partial charge on any atom is -0.399 e. The van der Waals surface area contributed by atoms with Crippen molar-refractivity contribution in [3.05, 3.63) is 29.6 Å². The number of rotatable bonds is 3. The standard InChI is InChI=1S/C14H16F3N3OS/c1-12(8-5-7(18)3-4-9(8)15)10-13(6-21-2,14(10,16)17)22-11(19)20-12/h3-5,10H,6,18H2,1-2H3,(H2,19,20)/t10-,12+,13+/m0/s1. The molecule has 2 aliphatic rings. The lowest BCUT2D eigenvalue weighted by Gasteiger charge is -2.32. The summed E-state index contributed by atoms with van der Waals surface area (Å²) >= 11 is 0.800. The molecule has 1 saturated carbocycles. The van der Waals surface area contributed by atoms with Crippen molar-refractivity contribution >= 4 is 22.6 Å². The van der Waals surface area contributed by atoms with Crippen molar-refractivity contribution in [3.63, 3.8) is 0 Å². The summed E-state index contributed by atoms with van der Waals surface area (Å²) < 4.78 is 46.8. The van der Waals surface area contributed by atoms with Crippen LogP contribution in [-0.4, -0.2) is 29.6 Å². The molecule has 0 saturated heterocycles. The molecule has 120 valence electrons. The number of alkyl halides is 2. The molecule has 1 fully saturated rings. The second-order valence-corrected chi connectivity index (χ2v) is 7.17. The van der Waals surface area contributed by atoms with Crippen molar-refractivity contribution in [1.29, 1.82) is 0 Å². The number of hydrogen-bond acceptors (Lipinski definition) is 5. The average Bonchev–Trinajstić information content (AvgIpc) is 2.89. The van der Waals surface area contributed by atoms with E-state index in [-0.39, 0.29) is 23.0 Å². The van der Waals surface area contributed by atoms with Gasteiger partial charge in [0.05, 0.1) is 18.1 Å². The molecule has 1 aliphatic heterocycles. The van der Waals surface area contributed by atoms with E-state index in [2.05, 4.69) is 4.99 Å². The Hall–Kier alpha value is -1.41. The predicted octanol–water partition coefficient (Wildman–Crippen LogP) is 2.33. The van der Waals surface area contributed by atoms with Gasteiger partial charge in [0, 0.05) is 18.4 Å². The topological polar surface area (TPSA) is 73.6 Å². The maximum absolute atomic E-state index is 14.5. The van der Waals surface area contributed by atoms with Crippen molar-refractivity contribution in [3.8, 4) is 0 Å². The smallest absolute Gasteiger partial charge is 0.272 e. The minimum atomic E-state index is -3.07. The lowest BCUT2D eigenvalue weighted by molar-refractivity contribution is 0.0637. The zero-order valence-corrected chi connectivity index (χ0v) is 12.9. The maximum atomic E-state index is 14.5. The van der Waals surface area contributed by atoms with Gasteiger partial charge in [-0.25, -0.2) is 13.2 Å². The van der Waals surface area contributed by atoms with Crippen molar-refractivity contribution < 1.29 is 17.9 Å². The summed E-state index contributed by atoms with van der Waals surface area (Å²) in [4.78, 5) is 4.16. The average molecular weight is 331 g/mol. The van der Waals surface area contributed by atoms with Crippen LogP contribution >= 0.6 is 11.8 Å². The van der Waals surface area contributed by atoms with Gasteiger partial charge in [-0.05, 0) is 25.1 Å². The fourth-order valence-corrected chi connectivity index (χ4v) is 4.92. The van der Waals surface area contributed by atoms with Crippen LogP contribution in [-0.2, 0) is 10.3 Å². The monoisotopic (exact) mass is 331 g/mol. The largest absolute Gasteiger partial charge is 0.399 e.